The number of hydrogen-bond acceptors (Lipinski definition) is 4. The third-order valence-corrected chi connectivity index (χ3v) is 4.75. The van der Waals surface area contributed by atoms with Crippen LogP contribution in [0.15, 0.2) is 40.2 Å². The standard InChI is InChI=1S/C14H15BrN2OS/c15-13-7-6-12(19-13)14(17-16)9-2-1-3-11(8-9)18-10-4-5-10/h1-3,6-8,10,14,17H,4-5,16H2. The lowest BCUT2D eigenvalue weighted by molar-refractivity contribution is 0.302. The van der Waals surface area contributed by atoms with Gasteiger partial charge >= 0.3 is 0 Å². The van der Waals surface area contributed by atoms with Gasteiger partial charge in [0.15, 0.2) is 0 Å². The molecule has 1 unspecified atom stereocenters. The molecule has 0 spiro atoms. The molecule has 0 aliphatic heterocycles. The van der Waals surface area contributed by atoms with Crippen LogP contribution in [0.1, 0.15) is 29.3 Å². The molecule has 0 bridgehead atoms. The fourth-order valence-corrected chi connectivity index (χ4v) is 3.48. The van der Waals surface area contributed by atoms with Crippen molar-refractivity contribution in [3.05, 3.63) is 50.6 Å². The van der Waals surface area contributed by atoms with Gasteiger partial charge in [0.1, 0.15) is 5.75 Å². The van der Waals surface area contributed by atoms with E-state index < -0.39 is 0 Å². The fourth-order valence-electron chi connectivity index (χ4n) is 1.97. The van der Waals surface area contributed by atoms with Gasteiger partial charge in [0.25, 0.3) is 0 Å². The SMILES string of the molecule is NNC(c1cccc(OC2CC2)c1)c1ccc(Br)s1. The molecule has 1 atom stereocenters. The van der Waals surface area contributed by atoms with Crippen molar-refractivity contribution in [1.29, 1.82) is 0 Å². The second-order valence-corrected chi connectivity index (χ2v) is 7.13. The number of thiophene rings is 1. The average molecular weight is 339 g/mol. The first-order chi connectivity index (χ1) is 9.26. The molecule has 1 aromatic heterocycles. The number of benzene rings is 1. The van der Waals surface area contributed by atoms with E-state index in [-0.39, 0.29) is 6.04 Å². The summed E-state index contributed by atoms with van der Waals surface area (Å²) in [5.74, 6) is 6.64. The van der Waals surface area contributed by atoms with Crippen LogP contribution in [0.2, 0.25) is 0 Å². The predicted octanol–water partition coefficient (Wildman–Crippen LogP) is 3.60. The van der Waals surface area contributed by atoms with E-state index in [2.05, 4.69) is 39.6 Å². The summed E-state index contributed by atoms with van der Waals surface area (Å²) in [7, 11) is 0. The fraction of sp³-hybridized carbons (Fsp3) is 0.286. The summed E-state index contributed by atoms with van der Waals surface area (Å²) in [5, 5.41) is 0. The number of hydrazine groups is 1. The predicted molar refractivity (Wildman–Crippen MR) is 81.3 cm³/mol. The van der Waals surface area contributed by atoms with Crippen LogP contribution >= 0.6 is 27.3 Å². The maximum atomic E-state index is 5.83. The van der Waals surface area contributed by atoms with E-state index in [1.165, 1.54) is 17.7 Å². The highest BCUT2D eigenvalue weighted by atomic mass is 79.9. The first kappa shape index (κ1) is 13.1. The van der Waals surface area contributed by atoms with Gasteiger partial charge in [-0.25, -0.2) is 5.43 Å². The highest BCUT2D eigenvalue weighted by Crippen LogP contribution is 2.33. The molecule has 19 heavy (non-hydrogen) atoms. The highest BCUT2D eigenvalue weighted by molar-refractivity contribution is 9.11. The summed E-state index contributed by atoms with van der Waals surface area (Å²) in [4.78, 5) is 1.18. The normalized spacial score (nSPS) is 16.3. The number of hydrogen-bond donors (Lipinski definition) is 2. The van der Waals surface area contributed by atoms with Gasteiger partial charge in [-0.2, -0.15) is 0 Å². The van der Waals surface area contributed by atoms with Crippen molar-refractivity contribution >= 4 is 27.3 Å². The summed E-state index contributed by atoms with van der Waals surface area (Å²) < 4.78 is 6.93. The Hall–Kier alpha value is -0.880. The Morgan fingerprint density at radius 1 is 1.32 bits per heavy atom. The Labute approximate surface area is 124 Å². The zero-order chi connectivity index (χ0) is 13.2. The summed E-state index contributed by atoms with van der Waals surface area (Å²) >= 11 is 5.16. The minimum absolute atomic E-state index is 0.000877. The minimum Gasteiger partial charge on any atom is -0.490 e. The largest absolute Gasteiger partial charge is 0.490 e. The van der Waals surface area contributed by atoms with E-state index in [1.807, 2.05) is 18.2 Å². The van der Waals surface area contributed by atoms with Crippen molar-refractivity contribution in [2.75, 3.05) is 0 Å². The molecule has 0 radical (unpaired) electrons. The molecule has 1 aliphatic rings. The van der Waals surface area contributed by atoms with Gasteiger partial charge in [0, 0.05) is 4.88 Å². The topological polar surface area (TPSA) is 47.3 Å². The zero-order valence-electron chi connectivity index (χ0n) is 10.3. The number of halogens is 1. The van der Waals surface area contributed by atoms with Crippen molar-refractivity contribution in [2.24, 2.45) is 5.84 Å². The van der Waals surface area contributed by atoms with E-state index in [1.54, 1.807) is 11.3 Å². The molecule has 100 valence electrons. The van der Waals surface area contributed by atoms with Gasteiger partial charge < -0.3 is 4.74 Å². The quantitative estimate of drug-likeness (QED) is 0.646. The lowest BCUT2D eigenvalue weighted by atomic mass is 10.1. The Morgan fingerprint density at radius 2 is 2.16 bits per heavy atom. The molecule has 0 amide bonds. The molecule has 1 saturated carbocycles. The molecular weight excluding hydrogens is 324 g/mol. The van der Waals surface area contributed by atoms with Crippen molar-refractivity contribution in [3.63, 3.8) is 0 Å². The summed E-state index contributed by atoms with van der Waals surface area (Å²) in [5.41, 5.74) is 4.00. The van der Waals surface area contributed by atoms with Crippen LogP contribution in [0.25, 0.3) is 0 Å². The zero-order valence-corrected chi connectivity index (χ0v) is 12.7. The van der Waals surface area contributed by atoms with Gasteiger partial charge in [-0.1, -0.05) is 12.1 Å². The van der Waals surface area contributed by atoms with Gasteiger partial charge in [-0.15, -0.1) is 11.3 Å². The third kappa shape index (κ3) is 3.17. The average Bonchev–Trinajstić information content (AvgIpc) is 3.12. The van der Waals surface area contributed by atoms with Crippen LogP contribution in [0, 0.1) is 0 Å². The first-order valence-corrected chi connectivity index (χ1v) is 7.85. The Kier molecular flexibility index (Phi) is 3.88. The monoisotopic (exact) mass is 338 g/mol. The smallest absolute Gasteiger partial charge is 0.120 e. The van der Waals surface area contributed by atoms with Crippen LogP contribution in [-0.2, 0) is 0 Å². The molecule has 5 heteroatoms. The van der Waals surface area contributed by atoms with Crippen LogP contribution in [0.3, 0.4) is 0 Å². The van der Waals surface area contributed by atoms with E-state index in [9.17, 15) is 0 Å². The second kappa shape index (κ2) is 5.63. The molecule has 1 fully saturated rings. The van der Waals surface area contributed by atoms with Gasteiger partial charge in [0.2, 0.25) is 0 Å². The molecule has 1 aromatic carbocycles. The van der Waals surface area contributed by atoms with Crippen LogP contribution < -0.4 is 16.0 Å². The number of nitrogens with one attached hydrogen (secondary N) is 1. The maximum Gasteiger partial charge on any atom is 0.120 e. The van der Waals surface area contributed by atoms with Crippen molar-refractivity contribution in [2.45, 2.75) is 25.0 Å². The lowest BCUT2D eigenvalue weighted by Crippen LogP contribution is -2.28. The third-order valence-electron chi connectivity index (χ3n) is 3.06. The summed E-state index contributed by atoms with van der Waals surface area (Å²) in [6, 6.07) is 12.3. The van der Waals surface area contributed by atoms with E-state index in [0.717, 1.165) is 15.1 Å². The van der Waals surface area contributed by atoms with Crippen LogP contribution in [0.4, 0.5) is 0 Å². The molecule has 1 aliphatic carbocycles. The summed E-state index contributed by atoms with van der Waals surface area (Å²) in [6.45, 7) is 0. The first-order valence-electron chi connectivity index (χ1n) is 6.24. The highest BCUT2D eigenvalue weighted by Gasteiger charge is 2.24. The molecule has 3 N–H and O–H groups in total. The second-order valence-electron chi connectivity index (χ2n) is 4.63. The minimum atomic E-state index is -0.000877. The molecule has 0 saturated heterocycles. The van der Waals surface area contributed by atoms with Gasteiger partial charge in [0.05, 0.1) is 15.9 Å². The molecule has 3 nitrogen and oxygen atoms in total. The molecule has 2 aromatic rings. The Morgan fingerprint density at radius 3 is 2.79 bits per heavy atom. The molecular formula is C14H15BrN2OS. The Bertz CT molecular complexity index is 568. The van der Waals surface area contributed by atoms with Crippen molar-refractivity contribution in [3.8, 4) is 5.75 Å². The lowest BCUT2D eigenvalue weighted by Gasteiger charge is -2.16. The van der Waals surface area contributed by atoms with Crippen LogP contribution in [-0.4, -0.2) is 6.10 Å². The van der Waals surface area contributed by atoms with Gasteiger partial charge in [-0.05, 0) is 58.6 Å². The van der Waals surface area contributed by atoms with E-state index >= 15 is 0 Å². The summed E-state index contributed by atoms with van der Waals surface area (Å²) in [6.07, 6.45) is 2.75. The Balaban J connectivity index is 1.85. The van der Waals surface area contributed by atoms with E-state index in [4.69, 9.17) is 10.6 Å². The van der Waals surface area contributed by atoms with Crippen molar-refractivity contribution < 1.29 is 4.74 Å². The van der Waals surface area contributed by atoms with Crippen molar-refractivity contribution in [1.82, 2.24) is 5.43 Å². The number of ether oxygens (including phenoxy) is 1. The number of rotatable bonds is 5. The number of nitrogens with two attached hydrogens (primary N) is 1. The van der Waals surface area contributed by atoms with Crippen LogP contribution in [0.5, 0.6) is 5.75 Å². The maximum absolute atomic E-state index is 5.83. The van der Waals surface area contributed by atoms with E-state index in [0.29, 0.717) is 6.10 Å². The van der Waals surface area contributed by atoms with Gasteiger partial charge in [-0.3, -0.25) is 5.84 Å². The molecule has 3 rings (SSSR count). The molecule has 1 heterocycles.